The van der Waals surface area contributed by atoms with Gasteiger partial charge in [0.05, 0.1) is 0 Å². The first-order chi connectivity index (χ1) is 6.91. The second-order valence-electron chi connectivity index (χ2n) is 2.83. The third-order valence-corrected chi connectivity index (χ3v) is 1.63. The zero-order chi connectivity index (χ0) is 10.5. The number of azide groups is 1. The second-order valence-corrected chi connectivity index (χ2v) is 2.83. The summed E-state index contributed by atoms with van der Waals surface area (Å²) in [7, 11) is 0. The number of allylic oxidation sites excluding steroid dienone is 4. The largest absolute Gasteiger partial charge is 2.00 e. The Hall–Kier alpha value is 0.0843. The molecule has 0 N–H and O–H groups in total. The topological polar surface area (TPSA) is 48.8 Å². The van der Waals surface area contributed by atoms with E-state index >= 15 is 0 Å². The van der Waals surface area contributed by atoms with Crippen LogP contribution in [-0.2, 0) is 21.7 Å². The molecule has 0 atom stereocenters. The molecule has 1 rings (SSSR count). The SMILES string of the molecule is [CH2]CCCCCN=[N+]=[N-].[CH]1C=CC=C1.[Cl-].[Cl-].[Ti+2]. The Morgan fingerprint density at radius 3 is 1.94 bits per heavy atom. The van der Waals surface area contributed by atoms with Gasteiger partial charge in [-0.25, -0.2) is 0 Å². The van der Waals surface area contributed by atoms with E-state index in [4.69, 9.17) is 5.53 Å². The third kappa shape index (κ3) is 26.0. The van der Waals surface area contributed by atoms with Gasteiger partial charge in [0, 0.05) is 17.9 Å². The molecule has 0 saturated heterocycles. The summed E-state index contributed by atoms with van der Waals surface area (Å²) in [4.78, 5) is 2.64. The van der Waals surface area contributed by atoms with E-state index < -0.39 is 0 Å². The normalized spacial score (nSPS) is 9.71. The molecule has 0 unspecified atom stereocenters. The summed E-state index contributed by atoms with van der Waals surface area (Å²) in [5, 5.41) is 3.40. The Labute approximate surface area is 131 Å². The van der Waals surface area contributed by atoms with Crippen molar-refractivity contribution in [2.24, 2.45) is 5.11 Å². The van der Waals surface area contributed by atoms with E-state index in [0.29, 0.717) is 6.54 Å². The number of nitrogens with zero attached hydrogens (tertiary/aromatic N) is 3. The molecule has 0 heterocycles. The van der Waals surface area contributed by atoms with E-state index in [1.165, 1.54) is 0 Å². The number of hydrogen-bond acceptors (Lipinski definition) is 1. The summed E-state index contributed by atoms with van der Waals surface area (Å²) in [5.74, 6) is 0. The minimum Gasteiger partial charge on any atom is -1.00 e. The summed E-state index contributed by atoms with van der Waals surface area (Å²) in [6.07, 6.45) is 14.2. The second kappa shape index (κ2) is 25.1. The smallest absolute Gasteiger partial charge is 1.00 e. The van der Waals surface area contributed by atoms with Crippen LogP contribution in [0.25, 0.3) is 10.4 Å². The van der Waals surface area contributed by atoms with Gasteiger partial charge in [0.15, 0.2) is 0 Å². The molecule has 0 saturated carbocycles. The Bertz CT molecular complexity index is 217. The van der Waals surface area contributed by atoms with Crippen molar-refractivity contribution in [2.75, 3.05) is 6.54 Å². The molecule has 6 heteroatoms. The molecule has 0 bridgehead atoms. The van der Waals surface area contributed by atoms with E-state index in [1.54, 1.807) is 0 Å². The zero-order valence-corrected chi connectivity index (χ0v) is 12.8. The van der Waals surface area contributed by atoms with Crippen LogP contribution in [0.3, 0.4) is 0 Å². The minimum absolute atomic E-state index is 0. The summed E-state index contributed by atoms with van der Waals surface area (Å²) in [6.45, 7) is 4.34. The van der Waals surface area contributed by atoms with Crippen molar-refractivity contribution < 1.29 is 46.5 Å². The van der Waals surface area contributed by atoms with Gasteiger partial charge in [0.25, 0.3) is 0 Å². The average Bonchev–Trinajstić information content (AvgIpc) is 2.76. The molecule has 1 aliphatic rings. The van der Waals surface area contributed by atoms with Crippen LogP contribution in [0, 0.1) is 13.3 Å². The van der Waals surface area contributed by atoms with Crippen LogP contribution in [0.4, 0.5) is 0 Å². The van der Waals surface area contributed by atoms with Crippen LogP contribution in [0.2, 0.25) is 0 Å². The molecule has 17 heavy (non-hydrogen) atoms. The van der Waals surface area contributed by atoms with Gasteiger partial charge in [-0.3, -0.25) is 0 Å². The van der Waals surface area contributed by atoms with E-state index in [0.717, 1.165) is 25.7 Å². The molecule has 0 amide bonds. The maximum atomic E-state index is 7.87. The van der Waals surface area contributed by atoms with Gasteiger partial charge in [0.2, 0.25) is 0 Å². The zero-order valence-electron chi connectivity index (χ0n) is 9.73. The van der Waals surface area contributed by atoms with Gasteiger partial charge in [0.1, 0.15) is 0 Å². The van der Waals surface area contributed by atoms with Gasteiger partial charge >= 0.3 is 21.7 Å². The van der Waals surface area contributed by atoms with Gasteiger partial charge in [-0.05, 0) is 12.0 Å². The van der Waals surface area contributed by atoms with Crippen molar-refractivity contribution in [1.82, 2.24) is 0 Å². The predicted molar refractivity (Wildman–Crippen MR) is 60.4 cm³/mol. The Balaban J connectivity index is -0.0000000921. The van der Waals surface area contributed by atoms with Gasteiger partial charge in [-0.2, -0.15) is 0 Å². The molecule has 2 radical (unpaired) electrons. The summed E-state index contributed by atoms with van der Waals surface area (Å²) in [5.41, 5.74) is 7.87. The number of halogens is 2. The van der Waals surface area contributed by atoms with Crippen LogP contribution in [0.5, 0.6) is 0 Å². The quantitative estimate of drug-likeness (QED) is 0.186. The molecule has 0 aromatic heterocycles. The van der Waals surface area contributed by atoms with Crippen LogP contribution in [0.15, 0.2) is 29.4 Å². The molecule has 1 aliphatic carbocycles. The number of hydrogen-bond donors (Lipinski definition) is 0. The third-order valence-electron chi connectivity index (χ3n) is 1.63. The standard InChI is InChI=1S/C6H12N3.C5H5.2ClH.Ti/c1-2-3-4-5-6-8-9-7;1-2-4-5-3-1;;;/h1-6H2;1-5H;2*1H;/q;;;;+2/p-2. The molecule has 0 aromatic carbocycles. The fourth-order valence-electron chi connectivity index (χ4n) is 0.902. The van der Waals surface area contributed by atoms with Crippen molar-refractivity contribution >= 4 is 0 Å². The molecule has 0 aromatic rings. The average molecular weight is 310 g/mol. The molecule has 0 spiro atoms. The van der Waals surface area contributed by atoms with Crippen LogP contribution in [0.1, 0.15) is 25.7 Å². The van der Waals surface area contributed by atoms with Crippen molar-refractivity contribution in [1.29, 1.82) is 0 Å². The van der Waals surface area contributed by atoms with Crippen molar-refractivity contribution in [2.45, 2.75) is 25.7 Å². The van der Waals surface area contributed by atoms with Crippen LogP contribution >= 0.6 is 0 Å². The van der Waals surface area contributed by atoms with Gasteiger partial charge in [-0.1, -0.05) is 55.6 Å². The predicted octanol–water partition coefficient (Wildman–Crippen LogP) is -1.99. The Kier molecular flexibility index (Phi) is 38.1. The van der Waals surface area contributed by atoms with Crippen LogP contribution < -0.4 is 24.8 Å². The molecule has 0 aliphatic heterocycles. The van der Waals surface area contributed by atoms with E-state index in [2.05, 4.69) is 16.9 Å². The molecule has 0 fully saturated rings. The van der Waals surface area contributed by atoms with Gasteiger partial charge in [-0.15, -0.1) is 0 Å². The summed E-state index contributed by atoms with van der Waals surface area (Å²) < 4.78 is 0. The summed E-state index contributed by atoms with van der Waals surface area (Å²) in [6, 6.07) is 0. The molecule has 3 nitrogen and oxygen atoms in total. The minimum atomic E-state index is 0. The fraction of sp³-hybridized carbons (Fsp3) is 0.455. The summed E-state index contributed by atoms with van der Waals surface area (Å²) >= 11 is 0. The molecular weight excluding hydrogens is 293 g/mol. The van der Waals surface area contributed by atoms with Crippen molar-refractivity contribution in [3.05, 3.63) is 48.1 Å². The number of rotatable bonds is 5. The van der Waals surface area contributed by atoms with E-state index in [1.807, 2.05) is 30.7 Å². The van der Waals surface area contributed by atoms with E-state index in [-0.39, 0.29) is 46.5 Å². The first-order valence-corrected chi connectivity index (χ1v) is 4.88. The fourth-order valence-corrected chi connectivity index (χ4v) is 0.902. The molecular formula is C11H17Cl2N3Ti. The molecule has 94 valence electrons. The monoisotopic (exact) mass is 309 g/mol. The van der Waals surface area contributed by atoms with Crippen molar-refractivity contribution in [3.63, 3.8) is 0 Å². The maximum absolute atomic E-state index is 7.87. The number of unbranched alkanes of at least 4 members (excludes halogenated alkanes) is 3. The maximum Gasteiger partial charge on any atom is 2.00 e. The van der Waals surface area contributed by atoms with Crippen molar-refractivity contribution in [3.8, 4) is 0 Å². The van der Waals surface area contributed by atoms with Gasteiger partial charge < -0.3 is 24.8 Å². The first-order valence-electron chi connectivity index (χ1n) is 4.88. The first kappa shape index (κ1) is 25.8. The Morgan fingerprint density at radius 2 is 1.59 bits per heavy atom. The van der Waals surface area contributed by atoms with Crippen LogP contribution in [-0.4, -0.2) is 6.54 Å². The van der Waals surface area contributed by atoms with E-state index in [9.17, 15) is 0 Å². The Morgan fingerprint density at radius 1 is 1.00 bits per heavy atom.